The highest BCUT2D eigenvalue weighted by Gasteiger charge is 2.29. The van der Waals surface area contributed by atoms with E-state index in [0.29, 0.717) is 5.69 Å². The van der Waals surface area contributed by atoms with Crippen molar-refractivity contribution in [3.05, 3.63) is 60.0 Å². The van der Waals surface area contributed by atoms with Gasteiger partial charge < -0.3 is 9.42 Å². The number of likely N-dealkylation sites (tertiary alicyclic amines) is 1. The number of carbonyl (C=O) groups excluding carboxylic acids is 1. The quantitative estimate of drug-likeness (QED) is 0.740. The average molecular weight is 321 g/mol. The van der Waals surface area contributed by atoms with E-state index >= 15 is 0 Å². The second-order valence-corrected chi connectivity index (χ2v) is 6.16. The third-order valence-corrected chi connectivity index (χ3v) is 4.62. The zero-order valence-electron chi connectivity index (χ0n) is 13.4. The van der Waals surface area contributed by atoms with E-state index in [1.54, 1.807) is 6.20 Å². The molecule has 1 saturated heterocycles. The maximum atomic E-state index is 12.9. The van der Waals surface area contributed by atoms with Crippen LogP contribution in [-0.4, -0.2) is 27.5 Å². The van der Waals surface area contributed by atoms with Crippen LogP contribution in [0.15, 0.2) is 53.2 Å². The summed E-state index contributed by atoms with van der Waals surface area (Å²) in [4.78, 5) is 19.3. The SMILES string of the molecule is O=C(Cc1noc2ccccc12)N1CCCCC1c1ccccn1. The zero-order chi connectivity index (χ0) is 16.4. The van der Waals surface area contributed by atoms with Crippen LogP contribution in [0.4, 0.5) is 0 Å². The van der Waals surface area contributed by atoms with Crippen molar-refractivity contribution in [1.29, 1.82) is 0 Å². The van der Waals surface area contributed by atoms with Crippen LogP contribution < -0.4 is 0 Å². The van der Waals surface area contributed by atoms with Crippen LogP contribution in [0.25, 0.3) is 11.0 Å². The van der Waals surface area contributed by atoms with Gasteiger partial charge in [0, 0.05) is 18.1 Å². The van der Waals surface area contributed by atoms with Crippen LogP contribution in [0, 0.1) is 0 Å². The summed E-state index contributed by atoms with van der Waals surface area (Å²) in [5.41, 5.74) is 2.40. The number of para-hydroxylation sites is 1. The number of carbonyl (C=O) groups is 1. The molecule has 1 aliphatic heterocycles. The summed E-state index contributed by atoms with van der Waals surface area (Å²) in [6.07, 6.45) is 5.17. The predicted molar refractivity (Wildman–Crippen MR) is 90.3 cm³/mol. The second-order valence-electron chi connectivity index (χ2n) is 6.16. The lowest BCUT2D eigenvalue weighted by atomic mass is 9.98. The van der Waals surface area contributed by atoms with E-state index in [1.165, 1.54) is 0 Å². The third kappa shape index (κ3) is 2.77. The number of hydrogen-bond donors (Lipinski definition) is 0. The Hall–Kier alpha value is -2.69. The van der Waals surface area contributed by atoms with E-state index in [0.717, 1.165) is 42.5 Å². The first-order valence-corrected chi connectivity index (χ1v) is 8.36. The molecule has 1 fully saturated rings. The fourth-order valence-electron chi connectivity index (χ4n) is 3.42. The van der Waals surface area contributed by atoms with Crippen LogP contribution in [-0.2, 0) is 11.2 Å². The van der Waals surface area contributed by atoms with Crippen molar-refractivity contribution in [2.75, 3.05) is 6.54 Å². The van der Waals surface area contributed by atoms with Gasteiger partial charge in [0.1, 0.15) is 5.69 Å². The number of fused-ring (bicyclic) bond motifs is 1. The molecule has 5 nitrogen and oxygen atoms in total. The van der Waals surface area contributed by atoms with Gasteiger partial charge in [0.2, 0.25) is 5.91 Å². The molecule has 0 aliphatic carbocycles. The molecule has 0 radical (unpaired) electrons. The fraction of sp³-hybridized carbons (Fsp3) is 0.316. The topological polar surface area (TPSA) is 59.2 Å². The number of hydrogen-bond acceptors (Lipinski definition) is 4. The third-order valence-electron chi connectivity index (χ3n) is 4.62. The van der Waals surface area contributed by atoms with Gasteiger partial charge in [-0.3, -0.25) is 9.78 Å². The molecule has 1 aliphatic rings. The van der Waals surface area contributed by atoms with Crippen molar-refractivity contribution in [2.24, 2.45) is 0 Å². The van der Waals surface area contributed by atoms with E-state index in [-0.39, 0.29) is 18.4 Å². The van der Waals surface area contributed by atoms with Gasteiger partial charge in [-0.15, -0.1) is 0 Å². The maximum Gasteiger partial charge on any atom is 0.229 e. The number of aromatic nitrogens is 2. The number of benzene rings is 1. The summed E-state index contributed by atoms with van der Waals surface area (Å²) < 4.78 is 5.32. The number of pyridine rings is 1. The Labute approximate surface area is 140 Å². The fourth-order valence-corrected chi connectivity index (χ4v) is 3.42. The Bertz CT molecular complexity index is 844. The molecule has 0 N–H and O–H groups in total. The van der Waals surface area contributed by atoms with E-state index in [2.05, 4.69) is 10.1 Å². The molecule has 24 heavy (non-hydrogen) atoms. The van der Waals surface area contributed by atoms with Crippen molar-refractivity contribution in [3.63, 3.8) is 0 Å². The molecule has 0 spiro atoms. The summed E-state index contributed by atoms with van der Waals surface area (Å²) in [5, 5.41) is 5.00. The standard InChI is InChI=1S/C19H19N3O2/c23-19(13-16-14-7-1-2-10-18(14)24-21-16)22-12-6-4-9-17(22)15-8-3-5-11-20-15/h1-3,5,7-8,10-11,17H,4,6,9,12-13H2. The van der Waals surface area contributed by atoms with Crippen molar-refractivity contribution in [3.8, 4) is 0 Å². The molecule has 4 rings (SSSR count). The van der Waals surface area contributed by atoms with Crippen molar-refractivity contribution < 1.29 is 9.32 Å². The smallest absolute Gasteiger partial charge is 0.229 e. The lowest BCUT2D eigenvalue weighted by Gasteiger charge is -2.35. The number of rotatable bonds is 3. The lowest BCUT2D eigenvalue weighted by Crippen LogP contribution is -2.39. The highest BCUT2D eigenvalue weighted by atomic mass is 16.5. The van der Waals surface area contributed by atoms with Gasteiger partial charge in [0.15, 0.2) is 5.58 Å². The first-order chi connectivity index (χ1) is 11.8. The molecule has 1 unspecified atom stereocenters. The average Bonchev–Trinajstić information content (AvgIpc) is 3.05. The molecule has 0 saturated carbocycles. The van der Waals surface area contributed by atoms with Crippen molar-refractivity contribution >= 4 is 16.9 Å². The predicted octanol–water partition coefficient (Wildman–Crippen LogP) is 3.52. The number of nitrogens with zero attached hydrogens (tertiary/aromatic N) is 3. The minimum Gasteiger partial charge on any atom is -0.356 e. The minimum absolute atomic E-state index is 0.0608. The Morgan fingerprint density at radius 1 is 1.17 bits per heavy atom. The molecular formula is C19H19N3O2. The summed E-state index contributed by atoms with van der Waals surface area (Å²) in [6, 6.07) is 13.6. The molecule has 3 aromatic rings. The first kappa shape index (κ1) is 14.9. The Morgan fingerprint density at radius 2 is 2.04 bits per heavy atom. The number of piperidine rings is 1. The molecule has 1 atom stereocenters. The molecule has 0 bridgehead atoms. The van der Waals surface area contributed by atoms with E-state index in [9.17, 15) is 4.79 Å². The van der Waals surface area contributed by atoms with Gasteiger partial charge in [-0.1, -0.05) is 23.4 Å². The van der Waals surface area contributed by atoms with E-state index in [4.69, 9.17) is 4.52 Å². The molecular weight excluding hydrogens is 302 g/mol. The molecule has 1 amide bonds. The van der Waals surface area contributed by atoms with Crippen LogP contribution in [0.5, 0.6) is 0 Å². The van der Waals surface area contributed by atoms with Crippen LogP contribution in [0.1, 0.15) is 36.7 Å². The van der Waals surface area contributed by atoms with E-state index in [1.807, 2.05) is 47.4 Å². The minimum atomic E-state index is 0.0608. The molecule has 122 valence electrons. The van der Waals surface area contributed by atoms with Gasteiger partial charge in [0.05, 0.1) is 18.2 Å². The molecule has 1 aromatic carbocycles. The van der Waals surface area contributed by atoms with Gasteiger partial charge in [-0.25, -0.2) is 0 Å². The maximum absolute atomic E-state index is 12.9. The lowest BCUT2D eigenvalue weighted by molar-refractivity contribution is -0.134. The monoisotopic (exact) mass is 321 g/mol. The largest absolute Gasteiger partial charge is 0.356 e. The van der Waals surface area contributed by atoms with Crippen molar-refractivity contribution in [1.82, 2.24) is 15.0 Å². The highest BCUT2D eigenvalue weighted by molar-refractivity contribution is 5.86. The van der Waals surface area contributed by atoms with Gasteiger partial charge in [-0.2, -0.15) is 0 Å². The van der Waals surface area contributed by atoms with Gasteiger partial charge >= 0.3 is 0 Å². The summed E-state index contributed by atoms with van der Waals surface area (Å²) in [7, 11) is 0. The highest BCUT2D eigenvalue weighted by Crippen LogP contribution is 2.30. The Morgan fingerprint density at radius 3 is 2.92 bits per heavy atom. The number of amides is 1. The Balaban J connectivity index is 1.58. The van der Waals surface area contributed by atoms with Crippen LogP contribution >= 0.6 is 0 Å². The van der Waals surface area contributed by atoms with Gasteiger partial charge in [-0.05, 0) is 43.5 Å². The zero-order valence-corrected chi connectivity index (χ0v) is 13.4. The molecule has 3 heterocycles. The van der Waals surface area contributed by atoms with Crippen LogP contribution in [0.3, 0.4) is 0 Å². The first-order valence-electron chi connectivity index (χ1n) is 8.36. The Kier molecular flexibility index (Phi) is 3.99. The molecule has 2 aromatic heterocycles. The van der Waals surface area contributed by atoms with E-state index < -0.39 is 0 Å². The second kappa shape index (κ2) is 6.43. The van der Waals surface area contributed by atoms with Crippen molar-refractivity contribution in [2.45, 2.75) is 31.7 Å². The molecule has 5 heteroatoms. The van der Waals surface area contributed by atoms with Crippen LogP contribution in [0.2, 0.25) is 0 Å². The summed E-state index contributed by atoms with van der Waals surface area (Å²) >= 11 is 0. The van der Waals surface area contributed by atoms with Gasteiger partial charge in [0.25, 0.3) is 0 Å². The normalized spacial score (nSPS) is 18.0. The summed E-state index contributed by atoms with van der Waals surface area (Å²) in [6.45, 7) is 0.774. The summed E-state index contributed by atoms with van der Waals surface area (Å²) in [5.74, 6) is 0.0874.